The zero-order chi connectivity index (χ0) is 13.2. The van der Waals surface area contributed by atoms with Crippen LogP contribution in [0.25, 0.3) is 5.69 Å². The van der Waals surface area contributed by atoms with Crippen LogP contribution in [0.5, 0.6) is 0 Å². The van der Waals surface area contributed by atoms with Gasteiger partial charge in [0.1, 0.15) is 6.29 Å². The molecule has 1 aromatic carbocycles. The van der Waals surface area contributed by atoms with Gasteiger partial charge in [-0.2, -0.15) is 13.2 Å². The molecule has 0 radical (unpaired) electrons. The van der Waals surface area contributed by atoms with Gasteiger partial charge in [0.15, 0.2) is 0 Å². The van der Waals surface area contributed by atoms with Gasteiger partial charge < -0.3 is 4.79 Å². The van der Waals surface area contributed by atoms with Crippen LogP contribution in [0.2, 0.25) is 0 Å². The average molecular weight is 255 g/mol. The summed E-state index contributed by atoms with van der Waals surface area (Å²) >= 11 is 0. The smallest absolute Gasteiger partial charge is 0.303 e. The SMILES string of the molecule is O=CCc1cn(-c2ccccc2C(F)(F)F)nn1. The first-order valence-corrected chi connectivity index (χ1v) is 5.04. The fourth-order valence-corrected chi connectivity index (χ4v) is 1.51. The molecule has 0 saturated carbocycles. The highest BCUT2D eigenvalue weighted by Gasteiger charge is 2.33. The van der Waals surface area contributed by atoms with Crippen LogP contribution in [0.4, 0.5) is 13.2 Å². The topological polar surface area (TPSA) is 47.8 Å². The first kappa shape index (κ1) is 12.3. The Balaban J connectivity index is 2.46. The van der Waals surface area contributed by atoms with Gasteiger partial charge >= 0.3 is 6.18 Å². The normalized spacial score (nSPS) is 11.5. The van der Waals surface area contributed by atoms with E-state index >= 15 is 0 Å². The van der Waals surface area contributed by atoms with Crippen molar-refractivity contribution in [1.82, 2.24) is 15.0 Å². The van der Waals surface area contributed by atoms with Crippen LogP contribution >= 0.6 is 0 Å². The molecule has 0 bridgehead atoms. The highest BCUT2D eigenvalue weighted by molar-refractivity contribution is 5.53. The van der Waals surface area contributed by atoms with Crippen molar-refractivity contribution in [1.29, 1.82) is 0 Å². The minimum atomic E-state index is -4.46. The van der Waals surface area contributed by atoms with Gasteiger partial charge in [-0.15, -0.1) is 5.10 Å². The number of hydrogen-bond donors (Lipinski definition) is 0. The molecule has 1 heterocycles. The summed E-state index contributed by atoms with van der Waals surface area (Å²) in [5, 5.41) is 7.21. The zero-order valence-corrected chi connectivity index (χ0v) is 9.05. The molecule has 94 valence electrons. The molecule has 7 heteroatoms. The van der Waals surface area contributed by atoms with Crippen LogP contribution in [0.1, 0.15) is 11.3 Å². The van der Waals surface area contributed by atoms with E-state index in [4.69, 9.17) is 0 Å². The first-order chi connectivity index (χ1) is 8.52. The van der Waals surface area contributed by atoms with Crippen molar-refractivity contribution < 1.29 is 18.0 Å². The second-order valence-electron chi connectivity index (χ2n) is 3.54. The van der Waals surface area contributed by atoms with E-state index in [-0.39, 0.29) is 12.1 Å². The minimum Gasteiger partial charge on any atom is -0.303 e. The predicted molar refractivity (Wildman–Crippen MR) is 56.1 cm³/mol. The third kappa shape index (κ3) is 2.39. The summed E-state index contributed by atoms with van der Waals surface area (Å²) in [6.45, 7) is 0. The van der Waals surface area contributed by atoms with Gasteiger partial charge in [-0.25, -0.2) is 4.68 Å². The van der Waals surface area contributed by atoms with Gasteiger partial charge in [0.25, 0.3) is 0 Å². The Morgan fingerprint density at radius 1 is 1.28 bits per heavy atom. The van der Waals surface area contributed by atoms with E-state index in [9.17, 15) is 18.0 Å². The molecule has 1 aromatic heterocycles. The summed E-state index contributed by atoms with van der Waals surface area (Å²) in [5.41, 5.74) is -0.593. The third-order valence-corrected chi connectivity index (χ3v) is 2.29. The Bertz CT molecular complexity index is 563. The summed E-state index contributed by atoms with van der Waals surface area (Å²) in [7, 11) is 0. The average Bonchev–Trinajstić information content (AvgIpc) is 2.77. The summed E-state index contributed by atoms with van der Waals surface area (Å²) < 4.78 is 39.3. The van der Waals surface area contributed by atoms with Gasteiger partial charge in [-0.3, -0.25) is 0 Å². The van der Waals surface area contributed by atoms with Crippen molar-refractivity contribution >= 4 is 6.29 Å². The highest BCUT2D eigenvalue weighted by atomic mass is 19.4. The van der Waals surface area contributed by atoms with E-state index in [1.165, 1.54) is 24.4 Å². The molecule has 0 fully saturated rings. The van der Waals surface area contributed by atoms with Crippen LogP contribution in [-0.2, 0) is 17.4 Å². The lowest BCUT2D eigenvalue weighted by atomic mass is 10.1. The summed E-state index contributed by atoms with van der Waals surface area (Å²) in [6, 6.07) is 5.04. The molecule has 2 aromatic rings. The standard InChI is InChI=1S/C11H8F3N3O/c12-11(13,14)9-3-1-2-4-10(9)17-7-8(5-6-18)15-16-17/h1-4,6-7H,5H2. The number of nitrogens with zero attached hydrogens (tertiary/aromatic N) is 3. The molecular weight excluding hydrogens is 247 g/mol. The Morgan fingerprint density at radius 3 is 2.67 bits per heavy atom. The number of para-hydroxylation sites is 1. The quantitative estimate of drug-likeness (QED) is 0.788. The maximum Gasteiger partial charge on any atom is 0.418 e. The van der Waals surface area contributed by atoms with Crippen LogP contribution in [0.15, 0.2) is 30.5 Å². The van der Waals surface area contributed by atoms with Gasteiger partial charge in [-0.1, -0.05) is 17.3 Å². The van der Waals surface area contributed by atoms with E-state index < -0.39 is 11.7 Å². The molecular formula is C11H8F3N3O. The van der Waals surface area contributed by atoms with E-state index in [1.807, 2.05) is 0 Å². The monoisotopic (exact) mass is 255 g/mol. The Morgan fingerprint density at radius 2 is 2.00 bits per heavy atom. The van der Waals surface area contributed by atoms with Gasteiger partial charge in [0.2, 0.25) is 0 Å². The van der Waals surface area contributed by atoms with Crippen molar-refractivity contribution in [3.8, 4) is 5.69 Å². The lowest BCUT2D eigenvalue weighted by Gasteiger charge is -2.11. The van der Waals surface area contributed by atoms with Gasteiger partial charge in [0.05, 0.1) is 23.1 Å². The molecule has 4 nitrogen and oxygen atoms in total. The third-order valence-electron chi connectivity index (χ3n) is 2.29. The zero-order valence-electron chi connectivity index (χ0n) is 9.05. The second kappa shape index (κ2) is 4.59. The molecule has 0 spiro atoms. The summed E-state index contributed by atoms with van der Waals surface area (Å²) in [5.74, 6) is 0. The van der Waals surface area contributed by atoms with Crippen molar-refractivity contribution in [3.05, 3.63) is 41.7 Å². The van der Waals surface area contributed by atoms with E-state index in [0.29, 0.717) is 12.0 Å². The molecule has 2 rings (SSSR count). The number of halogens is 3. The largest absolute Gasteiger partial charge is 0.418 e. The number of aldehydes is 1. The van der Waals surface area contributed by atoms with E-state index in [0.717, 1.165) is 10.7 Å². The lowest BCUT2D eigenvalue weighted by Crippen LogP contribution is -2.10. The molecule has 0 aliphatic rings. The molecule has 0 aliphatic heterocycles. The summed E-state index contributed by atoms with van der Waals surface area (Å²) in [6.07, 6.45) is -2.52. The molecule has 0 saturated heterocycles. The van der Waals surface area contributed by atoms with Crippen LogP contribution in [-0.4, -0.2) is 21.3 Å². The van der Waals surface area contributed by atoms with Crippen molar-refractivity contribution in [3.63, 3.8) is 0 Å². The highest BCUT2D eigenvalue weighted by Crippen LogP contribution is 2.33. The van der Waals surface area contributed by atoms with Crippen LogP contribution in [0.3, 0.4) is 0 Å². The summed E-state index contributed by atoms with van der Waals surface area (Å²) in [4.78, 5) is 10.3. The molecule has 0 aliphatic carbocycles. The number of benzene rings is 1. The van der Waals surface area contributed by atoms with Crippen LogP contribution < -0.4 is 0 Å². The number of carbonyl (C=O) groups is 1. The van der Waals surface area contributed by atoms with Crippen molar-refractivity contribution in [2.24, 2.45) is 0 Å². The van der Waals surface area contributed by atoms with E-state index in [1.54, 1.807) is 0 Å². The van der Waals surface area contributed by atoms with Crippen LogP contribution in [0, 0.1) is 0 Å². The Labute approximate surface area is 100 Å². The Hall–Kier alpha value is -2.18. The maximum absolute atomic E-state index is 12.8. The molecule has 0 atom stereocenters. The Kier molecular flexibility index (Phi) is 3.14. The first-order valence-electron chi connectivity index (χ1n) is 5.04. The van der Waals surface area contributed by atoms with Crippen molar-refractivity contribution in [2.45, 2.75) is 12.6 Å². The van der Waals surface area contributed by atoms with Crippen molar-refractivity contribution in [2.75, 3.05) is 0 Å². The number of rotatable bonds is 3. The number of hydrogen-bond acceptors (Lipinski definition) is 3. The molecule has 0 unspecified atom stereocenters. The number of alkyl halides is 3. The fraction of sp³-hybridized carbons (Fsp3) is 0.182. The lowest BCUT2D eigenvalue weighted by molar-refractivity contribution is -0.137. The predicted octanol–water partition coefficient (Wildman–Crippen LogP) is 2.03. The second-order valence-corrected chi connectivity index (χ2v) is 3.54. The molecule has 0 N–H and O–H groups in total. The maximum atomic E-state index is 12.8. The minimum absolute atomic E-state index is 0.0220. The van der Waals surface area contributed by atoms with E-state index in [2.05, 4.69) is 10.3 Å². The molecule has 18 heavy (non-hydrogen) atoms. The molecule has 0 amide bonds. The number of aromatic nitrogens is 3. The number of carbonyl (C=O) groups excluding carboxylic acids is 1. The van der Waals surface area contributed by atoms with Gasteiger partial charge in [-0.05, 0) is 12.1 Å². The fourth-order valence-electron chi connectivity index (χ4n) is 1.51. The van der Waals surface area contributed by atoms with Gasteiger partial charge in [0, 0.05) is 6.42 Å².